The number of nitrogens with one attached hydrogen (secondary N) is 2. The number of hydrogen-bond donors (Lipinski definition) is 3. The summed E-state index contributed by atoms with van der Waals surface area (Å²) >= 11 is 0. The third-order valence-corrected chi connectivity index (χ3v) is 11.1. The van der Waals surface area contributed by atoms with Gasteiger partial charge < -0.3 is 29.9 Å². The zero-order chi connectivity index (χ0) is 47.7. The Labute approximate surface area is 396 Å². The van der Waals surface area contributed by atoms with Crippen molar-refractivity contribution in [3.05, 3.63) is 186 Å². The van der Waals surface area contributed by atoms with E-state index in [0.29, 0.717) is 26.0 Å². The maximum absolute atomic E-state index is 14.2. The molecule has 346 valence electrons. The number of H-pyrrole nitrogens is 2. The van der Waals surface area contributed by atoms with E-state index in [2.05, 4.69) is 31.0 Å². The van der Waals surface area contributed by atoms with Crippen molar-refractivity contribution in [2.24, 2.45) is 5.73 Å². The molecular formula is C54H48F2N10O3. The number of fused-ring (bicyclic) bond motifs is 2. The zero-order valence-electron chi connectivity index (χ0n) is 38.2. The van der Waals surface area contributed by atoms with Crippen LogP contribution in [-0.2, 0) is 17.6 Å². The quantitative estimate of drug-likeness (QED) is 0.0835. The monoisotopic (exact) mass is 922 g/mol. The van der Waals surface area contributed by atoms with Crippen molar-refractivity contribution in [2.75, 3.05) is 33.5 Å². The molecule has 0 amide bonds. The van der Waals surface area contributed by atoms with Gasteiger partial charge in [-0.1, -0.05) is 42.5 Å². The Morgan fingerprint density at radius 3 is 1.65 bits per heavy atom. The maximum Gasteiger partial charge on any atom is 0.165 e. The van der Waals surface area contributed by atoms with E-state index in [-0.39, 0.29) is 24.7 Å². The number of nitrogens with two attached hydrogens (primary N) is 1. The highest BCUT2D eigenvalue weighted by Crippen LogP contribution is 2.34. The Hall–Kier alpha value is -8.27. The van der Waals surface area contributed by atoms with E-state index in [4.69, 9.17) is 39.9 Å². The molecule has 6 heterocycles. The van der Waals surface area contributed by atoms with Crippen LogP contribution in [0.15, 0.2) is 140 Å². The van der Waals surface area contributed by atoms with Crippen LogP contribution in [0.4, 0.5) is 8.78 Å². The van der Waals surface area contributed by atoms with Crippen molar-refractivity contribution in [3.8, 4) is 56.8 Å². The zero-order valence-corrected chi connectivity index (χ0v) is 38.2. The Bertz CT molecular complexity index is 3390. The van der Waals surface area contributed by atoms with Crippen LogP contribution >= 0.6 is 0 Å². The topological polar surface area (TPSA) is 176 Å². The first-order valence-corrected chi connectivity index (χ1v) is 22.3. The molecule has 0 radical (unpaired) electrons. The summed E-state index contributed by atoms with van der Waals surface area (Å²) in [7, 11) is 1.58. The van der Waals surface area contributed by atoms with Gasteiger partial charge in [0, 0.05) is 73.0 Å². The van der Waals surface area contributed by atoms with Crippen LogP contribution in [0.25, 0.3) is 67.2 Å². The summed E-state index contributed by atoms with van der Waals surface area (Å²) in [5, 5.41) is 1.04. The van der Waals surface area contributed by atoms with Gasteiger partial charge in [-0.25, -0.2) is 18.7 Å². The standard InChI is InChI=1S/C27H24FN5O2.C27H24FN5O/c1-17-4-3-5-22(31-17)27-26(19-7-9-21-23(16-19)30-11-10-29-21)32-25(33-27)15-18-6-8-20(28)24(14-18)35-13-12-34-2;1-17-4-2-6-23(31-17)27-26(20-8-10-22-19(16-20)5-3-12-30-22)32-25(33-27)15-18-7-9-21(28)24(14-18)34-13-11-29/h3-11,14,16H,12-13,15H2,1-2H3,(H,32,33);2-10,12,14,16H,11,13,15,29H2,1H3,(H,32,33). The largest absolute Gasteiger partial charge is 0.489 e. The summed E-state index contributed by atoms with van der Waals surface area (Å²) in [4.78, 5) is 39.4. The fourth-order valence-corrected chi connectivity index (χ4v) is 7.83. The molecule has 0 aliphatic rings. The van der Waals surface area contributed by atoms with Gasteiger partial charge in [0.1, 0.15) is 24.9 Å². The Kier molecular flexibility index (Phi) is 14.0. The van der Waals surface area contributed by atoms with Crippen LogP contribution in [-0.4, -0.2) is 78.3 Å². The molecule has 10 aromatic rings. The van der Waals surface area contributed by atoms with Crippen LogP contribution in [0.3, 0.4) is 0 Å². The highest BCUT2D eigenvalue weighted by atomic mass is 19.1. The summed E-state index contributed by atoms with van der Waals surface area (Å²) < 4.78 is 44.3. The van der Waals surface area contributed by atoms with Gasteiger partial charge in [0.15, 0.2) is 23.1 Å². The van der Waals surface area contributed by atoms with Crippen molar-refractivity contribution in [1.29, 1.82) is 0 Å². The van der Waals surface area contributed by atoms with Gasteiger partial charge in [-0.15, -0.1) is 0 Å². The first kappa shape index (κ1) is 45.9. The number of aromatic amines is 2. The molecule has 69 heavy (non-hydrogen) atoms. The van der Waals surface area contributed by atoms with Crippen molar-refractivity contribution in [2.45, 2.75) is 26.7 Å². The van der Waals surface area contributed by atoms with Crippen LogP contribution in [0.1, 0.15) is 34.2 Å². The molecular weight excluding hydrogens is 875 g/mol. The summed E-state index contributed by atoms with van der Waals surface area (Å²) in [6.07, 6.45) is 6.07. The molecule has 0 saturated carbocycles. The van der Waals surface area contributed by atoms with Crippen LogP contribution in [0.5, 0.6) is 11.5 Å². The van der Waals surface area contributed by atoms with E-state index in [9.17, 15) is 8.78 Å². The number of pyridine rings is 3. The minimum atomic E-state index is -0.410. The van der Waals surface area contributed by atoms with E-state index >= 15 is 0 Å². The summed E-state index contributed by atoms with van der Waals surface area (Å²) in [6.45, 7) is 5.15. The second-order valence-corrected chi connectivity index (χ2v) is 16.2. The van der Waals surface area contributed by atoms with Crippen LogP contribution in [0, 0.1) is 25.5 Å². The molecule has 15 heteroatoms. The lowest BCUT2D eigenvalue weighted by Gasteiger charge is -2.08. The SMILES string of the molecule is COCCOc1cc(Cc2nc(-c3ccc4nccnc4c3)c(-c3cccc(C)n3)[nH]2)ccc1F.Cc1cccc(-c2[nH]c(Cc3ccc(F)c(OCCN)c3)nc2-c2ccc3ncccc3c2)n1. The van der Waals surface area contributed by atoms with Gasteiger partial charge in [-0.05, 0) is 104 Å². The summed E-state index contributed by atoms with van der Waals surface area (Å²) in [6, 6.07) is 37.4. The number of methoxy groups -OCH3 is 1. The van der Waals surface area contributed by atoms with E-state index in [1.807, 2.05) is 92.7 Å². The predicted octanol–water partition coefficient (Wildman–Crippen LogP) is 10.2. The van der Waals surface area contributed by atoms with Crippen molar-refractivity contribution in [1.82, 2.24) is 44.9 Å². The number of ether oxygens (including phenoxy) is 3. The van der Waals surface area contributed by atoms with Gasteiger partial charge in [0.2, 0.25) is 0 Å². The number of hydrogen-bond acceptors (Lipinski definition) is 11. The molecule has 13 nitrogen and oxygen atoms in total. The molecule has 10 rings (SSSR count). The Morgan fingerprint density at radius 1 is 0.522 bits per heavy atom. The number of rotatable bonds is 15. The molecule has 0 fully saturated rings. The van der Waals surface area contributed by atoms with Crippen molar-refractivity contribution in [3.63, 3.8) is 0 Å². The number of imidazole rings is 2. The van der Waals surface area contributed by atoms with Crippen molar-refractivity contribution < 1.29 is 23.0 Å². The molecule has 0 atom stereocenters. The molecule has 0 spiro atoms. The number of halogens is 2. The Morgan fingerprint density at radius 2 is 1.07 bits per heavy atom. The molecule has 6 aromatic heterocycles. The van der Waals surface area contributed by atoms with E-state index in [1.54, 1.807) is 50.0 Å². The van der Waals surface area contributed by atoms with Gasteiger partial charge >= 0.3 is 0 Å². The fraction of sp³-hybridized carbons (Fsp3) is 0.167. The molecule has 4 aromatic carbocycles. The lowest BCUT2D eigenvalue weighted by molar-refractivity contribution is 0.144. The highest BCUT2D eigenvalue weighted by molar-refractivity contribution is 5.87. The predicted molar refractivity (Wildman–Crippen MR) is 263 cm³/mol. The first-order chi connectivity index (χ1) is 33.7. The van der Waals surface area contributed by atoms with Gasteiger partial charge in [0.25, 0.3) is 0 Å². The average Bonchev–Trinajstić information content (AvgIpc) is 4.00. The molecule has 0 unspecified atom stereocenters. The second kappa shape index (κ2) is 21.1. The fourth-order valence-electron chi connectivity index (χ4n) is 7.83. The molecule has 0 aliphatic heterocycles. The van der Waals surface area contributed by atoms with Crippen LogP contribution in [0.2, 0.25) is 0 Å². The molecule has 0 bridgehead atoms. The molecule has 0 saturated heterocycles. The third-order valence-electron chi connectivity index (χ3n) is 11.1. The third kappa shape index (κ3) is 11.0. The lowest BCUT2D eigenvalue weighted by Crippen LogP contribution is -2.11. The van der Waals surface area contributed by atoms with E-state index in [0.717, 1.165) is 101 Å². The van der Waals surface area contributed by atoms with Gasteiger partial charge in [0.05, 0.1) is 57.3 Å². The lowest BCUT2D eigenvalue weighted by atomic mass is 10.1. The van der Waals surface area contributed by atoms with Crippen molar-refractivity contribution >= 4 is 21.9 Å². The number of aromatic nitrogens is 9. The Balaban J connectivity index is 0.000000172. The minimum Gasteiger partial charge on any atom is -0.489 e. The maximum atomic E-state index is 14.2. The molecule has 0 aliphatic carbocycles. The second-order valence-electron chi connectivity index (χ2n) is 16.2. The van der Waals surface area contributed by atoms with Gasteiger partial charge in [-0.3, -0.25) is 24.9 Å². The normalized spacial score (nSPS) is 11.2. The summed E-state index contributed by atoms with van der Waals surface area (Å²) in [5.41, 5.74) is 18.3. The summed E-state index contributed by atoms with van der Waals surface area (Å²) in [5.74, 6) is 1.04. The average molecular weight is 923 g/mol. The van der Waals surface area contributed by atoms with E-state index in [1.165, 1.54) is 12.1 Å². The number of benzene rings is 4. The van der Waals surface area contributed by atoms with Gasteiger partial charge in [-0.2, -0.15) is 0 Å². The smallest absolute Gasteiger partial charge is 0.165 e. The first-order valence-electron chi connectivity index (χ1n) is 22.3. The molecule has 4 N–H and O–H groups in total. The van der Waals surface area contributed by atoms with Crippen LogP contribution < -0.4 is 15.2 Å². The highest BCUT2D eigenvalue weighted by Gasteiger charge is 2.19. The number of nitrogens with zero attached hydrogens (tertiary/aromatic N) is 7. The number of aryl methyl sites for hydroxylation is 2. The minimum absolute atomic E-state index is 0.192. The van der Waals surface area contributed by atoms with E-state index < -0.39 is 11.6 Å².